The molecule has 1 rings (SSSR count). The molecule has 2 N–H and O–H groups in total. The van der Waals surface area contributed by atoms with Gasteiger partial charge in [-0.15, -0.1) is 0 Å². The standard InChI is InChI=1S/C16H22N2O4/c1-16(2,3)15(21)18-12-7-5-6-11(10-12)17-13(19)8-9-14(20)22-4/h5-7,10H,8-9H2,1-4H3,(H,17,19)(H,18,21). The van der Waals surface area contributed by atoms with Crippen LogP contribution in [0, 0.1) is 5.41 Å². The van der Waals surface area contributed by atoms with E-state index in [-0.39, 0.29) is 24.7 Å². The van der Waals surface area contributed by atoms with E-state index >= 15 is 0 Å². The molecule has 0 saturated heterocycles. The van der Waals surface area contributed by atoms with Gasteiger partial charge in [0.1, 0.15) is 0 Å². The van der Waals surface area contributed by atoms with Crippen molar-refractivity contribution in [2.75, 3.05) is 17.7 Å². The molecule has 6 nitrogen and oxygen atoms in total. The number of rotatable bonds is 5. The van der Waals surface area contributed by atoms with Crippen LogP contribution in [0.5, 0.6) is 0 Å². The maximum absolute atomic E-state index is 11.9. The third kappa shape index (κ3) is 5.95. The Bertz CT molecular complexity index is 562. The second-order valence-electron chi connectivity index (χ2n) is 5.91. The normalized spacial score (nSPS) is 10.7. The van der Waals surface area contributed by atoms with Crippen LogP contribution < -0.4 is 10.6 Å². The van der Waals surface area contributed by atoms with E-state index in [9.17, 15) is 14.4 Å². The topological polar surface area (TPSA) is 84.5 Å². The monoisotopic (exact) mass is 306 g/mol. The van der Waals surface area contributed by atoms with Gasteiger partial charge in [0.25, 0.3) is 0 Å². The van der Waals surface area contributed by atoms with Crippen LogP contribution in [-0.2, 0) is 19.1 Å². The zero-order chi connectivity index (χ0) is 16.8. The summed E-state index contributed by atoms with van der Waals surface area (Å²) in [5.74, 6) is -0.826. The van der Waals surface area contributed by atoms with Crippen molar-refractivity contribution in [3.8, 4) is 0 Å². The molecule has 0 aliphatic rings. The van der Waals surface area contributed by atoms with Crippen molar-refractivity contribution in [1.82, 2.24) is 0 Å². The Morgan fingerprint density at radius 1 is 1.05 bits per heavy atom. The van der Waals surface area contributed by atoms with Gasteiger partial charge in [-0.05, 0) is 18.2 Å². The molecule has 120 valence electrons. The first-order valence-electron chi connectivity index (χ1n) is 7.00. The van der Waals surface area contributed by atoms with E-state index in [2.05, 4.69) is 15.4 Å². The molecular formula is C16H22N2O4. The van der Waals surface area contributed by atoms with Crippen molar-refractivity contribution in [2.24, 2.45) is 5.41 Å². The minimum Gasteiger partial charge on any atom is -0.469 e. The number of hydrogen-bond donors (Lipinski definition) is 2. The van der Waals surface area contributed by atoms with E-state index < -0.39 is 11.4 Å². The van der Waals surface area contributed by atoms with E-state index in [1.807, 2.05) is 20.8 Å². The van der Waals surface area contributed by atoms with Crippen LogP contribution in [0.2, 0.25) is 0 Å². The van der Waals surface area contributed by atoms with Crippen molar-refractivity contribution in [3.05, 3.63) is 24.3 Å². The first kappa shape index (κ1) is 17.7. The van der Waals surface area contributed by atoms with Crippen LogP contribution in [0.1, 0.15) is 33.6 Å². The Kier molecular flexibility index (Phi) is 6.10. The van der Waals surface area contributed by atoms with E-state index in [4.69, 9.17) is 0 Å². The van der Waals surface area contributed by atoms with Crippen LogP contribution in [0.25, 0.3) is 0 Å². The summed E-state index contributed by atoms with van der Waals surface area (Å²) in [6, 6.07) is 6.85. The number of benzene rings is 1. The first-order chi connectivity index (χ1) is 10.2. The lowest BCUT2D eigenvalue weighted by Crippen LogP contribution is -2.27. The second kappa shape index (κ2) is 7.59. The number of carbonyl (C=O) groups excluding carboxylic acids is 3. The maximum atomic E-state index is 11.9. The predicted octanol–water partition coefficient (Wildman–Crippen LogP) is 2.56. The number of nitrogens with one attached hydrogen (secondary N) is 2. The highest BCUT2D eigenvalue weighted by Gasteiger charge is 2.21. The molecule has 0 bridgehead atoms. The number of ether oxygens (including phenoxy) is 1. The molecule has 6 heteroatoms. The Labute approximate surface area is 130 Å². The highest BCUT2D eigenvalue weighted by Crippen LogP contribution is 2.20. The number of hydrogen-bond acceptors (Lipinski definition) is 4. The van der Waals surface area contributed by atoms with Gasteiger partial charge in [-0.1, -0.05) is 26.8 Å². The van der Waals surface area contributed by atoms with Crippen molar-refractivity contribution in [2.45, 2.75) is 33.6 Å². The molecule has 22 heavy (non-hydrogen) atoms. The molecule has 1 aromatic carbocycles. The third-order valence-corrected chi connectivity index (χ3v) is 2.87. The van der Waals surface area contributed by atoms with Gasteiger partial charge in [0.2, 0.25) is 11.8 Å². The number of carbonyl (C=O) groups is 3. The SMILES string of the molecule is COC(=O)CCC(=O)Nc1cccc(NC(=O)C(C)(C)C)c1. The van der Waals surface area contributed by atoms with Gasteiger partial charge in [0.15, 0.2) is 0 Å². The first-order valence-corrected chi connectivity index (χ1v) is 7.00. The minimum absolute atomic E-state index is 0.0305. The molecule has 0 aliphatic heterocycles. The summed E-state index contributed by atoms with van der Waals surface area (Å²) in [5.41, 5.74) is 0.659. The Morgan fingerprint density at radius 2 is 1.64 bits per heavy atom. The summed E-state index contributed by atoms with van der Waals surface area (Å²) >= 11 is 0. The summed E-state index contributed by atoms with van der Waals surface area (Å²) in [7, 11) is 1.28. The molecule has 1 aromatic rings. The fourth-order valence-electron chi connectivity index (χ4n) is 1.53. The molecule has 0 radical (unpaired) electrons. The van der Waals surface area contributed by atoms with E-state index in [1.54, 1.807) is 24.3 Å². The average Bonchev–Trinajstić information content (AvgIpc) is 2.44. The number of esters is 1. The molecule has 0 atom stereocenters. The Balaban J connectivity index is 2.63. The Hall–Kier alpha value is -2.37. The largest absolute Gasteiger partial charge is 0.469 e. The molecular weight excluding hydrogens is 284 g/mol. The molecule has 0 aliphatic carbocycles. The van der Waals surface area contributed by atoms with Crippen molar-refractivity contribution >= 4 is 29.2 Å². The second-order valence-corrected chi connectivity index (χ2v) is 5.91. The van der Waals surface area contributed by atoms with Gasteiger partial charge in [-0.2, -0.15) is 0 Å². The lowest BCUT2D eigenvalue weighted by atomic mass is 9.95. The summed E-state index contributed by atoms with van der Waals surface area (Å²) in [5, 5.41) is 5.47. The van der Waals surface area contributed by atoms with Crippen LogP contribution in [0.3, 0.4) is 0 Å². The van der Waals surface area contributed by atoms with Crippen LogP contribution in [0.15, 0.2) is 24.3 Å². The highest BCUT2D eigenvalue weighted by atomic mass is 16.5. The molecule has 0 spiro atoms. The summed E-state index contributed by atoms with van der Waals surface area (Å²) in [6.45, 7) is 5.46. The summed E-state index contributed by atoms with van der Waals surface area (Å²) in [4.78, 5) is 34.6. The predicted molar refractivity (Wildman–Crippen MR) is 84.4 cm³/mol. The van der Waals surface area contributed by atoms with Crippen molar-refractivity contribution in [1.29, 1.82) is 0 Å². The quantitative estimate of drug-likeness (QED) is 0.819. The Morgan fingerprint density at radius 3 is 2.18 bits per heavy atom. The van der Waals surface area contributed by atoms with Gasteiger partial charge >= 0.3 is 5.97 Å². The highest BCUT2D eigenvalue weighted by molar-refractivity contribution is 5.96. The smallest absolute Gasteiger partial charge is 0.306 e. The third-order valence-electron chi connectivity index (χ3n) is 2.87. The lowest BCUT2D eigenvalue weighted by molar-refractivity contribution is -0.141. The molecule has 2 amide bonds. The fourth-order valence-corrected chi connectivity index (χ4v) is 1.53. The maximum Gasteiger partial charge on any atom is 0.306 e. The average molecular weight is 306 g/mol. The van der Waals surface area contributed by atoms with Crippen molar-refractivity contribution in [3.63, 3.8) is 0 Å². The van der Waals surface area contributed by atoms with Crippen molar-refractivity contribution < 1.29 is 19.1 Å². The molecule has 0 saturated carbocycles. The minimum atomic E-state index is -0.500. The lowest BCUT2D eigenvalue weighted by Gasteiger charge is -2.18. The molecule has 0 heterocycles. The van der Waals surface area contributed by atoms with Gasteiger partial charge in [-0.25, -0.2) is 0 Å². The molecule has 0 unspecified atom stereocenters. The van der Waals surface area contributed by atoms with Gasteiger partial charge in [0.05, 0.1) is 13.5 Å². The number of anilines is 2. The van der Waals surface area contributed by atoms with E-state index in [0.29, 0.717) is 11.4 Å². The van der Waals surface area contributed by atoms with Crippen LogP contribution in [0.4, 0.5) is 11.4 Å². The molecule has 0 fully saturated rings. The fraction of sp³-hybridized carbons (Fsp3) is 0.438. The zero-order valence-corrected chi connectivity index (χ0v) is 13.4. The summed E-state index contributed by atoms with van der Waals surface area (Å²) in [6.07, 6.45) is 0.0774. The van der Waals surface area contributed by atoms with E-state index in [1.165, 1.54) is 7.11 Å². The van der Waals surface area contributed by atoms with Crippen LogP contribution >= 0.6 is 0 Å². The molecule has 0 aromatic heterocycles. The number of methoxy groups -OCH3 is 1. The number of amides is 2. The summed E-state index contributed by atoms with van der Waals surface area (Å²) < 4.78 is 4.48. The van der Waals surface area contributed by atoms with Gasteiger partial charge in [0, 0.05) is 23.2 Å². The van der Waals surface area contributed by atoms with Gasteiger partial charge < -0.3 is 15.4 Å². The van der Waals surface area contributed by atoms with E-state index in [0.717, 1.165) is 0 Å². The van der Waals surface area contributed by atoms with Crippen LogP contribution in [-0.4, -0.2) is 24.9 Å². The van der Waals surface area contributed by atoms with Gasteiger partial charge in [-0.3, -0.25) is 14.4 Å². The zero-order valence-electron chi connectivity index (χ0n) is 13.4.